The van der Waals surface area contributed by atoms with Gasteiger partial charge in [0.1, 0.15) is 5.82 Å². The molecule has 1 heterocycles. The number of rotatable bonds is 1. The molecule has 0 amide bonds. The van der Waals surface area contributed by atoms with Crippen LogP contribution in [0, 0.1) is 0 Å². The van der Waals surface area contributed by atoms with Crippen LogP contribution in [0.25, 0.3) is 11.4 Å². The summed E-state index contributed by atoms with van der Waals surface area (Å²) in [6.45, 7) is 0. The molecule has 2 aromatic rings. The van der Waals surface area contributed by atoms with Crippen LogP contribution in [0.4, 0.5) is 5.69 Å². The third kappa shape index (κ3) is 1.51. The number of anilines is 1. The maximum atomic E-state index is 5.97. The van der Waals surface area contributed by atoms with Crippen LogP contribution in [0.15, 0.2) is 30.6 Å². The van der Waals surface area contributed by atoms with Crippen LogP contribution >= 0.6 is 11.6 Å². The molecule has 0 fully saturated rings. The van der Waals surface area contributed by atoms with E-state index in [0.717, 1.165) is 11.4 Å². The Hall–Kier alpha value is -1.48. The van der Waals surface area contributed by atoms with Gasteiger partial charge < -0.3 is 10.7 Å². The first-order valence-electron chi connectivity index (χ1n) is 3.82. The number of aromatic amines is 1. The summed E-state index contributed by atoms with van der Waals surface area (Å²) in [6, 6.07) is 5.31. The average Bonchev–Trinajstić information content (AvgIpc) is 2.61. The topological polar surface area (TPSA) is 54.7 Å². The quantitative estimate of drug-likeness (QED) is 0.683. The predicted octanol–water partition coefficient (Wildman–Crippen LogP) is 2.31. The molecule has 3 N–H and O–H groups in total. The molecule has 1 aromatic carbocycles. The van der Waals surface area contributed by atoms with Crippen molar-refractivity contribution in [2.75, 3.05) is 5.73 Å². The molecule has 3 nitrogen and oxygen atoms in total. The van der Waals surface area contributed by atoms with E-state index in [-0.39, 0.29) is 0 Å². The number of benzene rings is 1. The Morgan fingerprint density at radius 3 is 2.92 bits per heavy atom. The molecule has 66 valence electrons. The fourth-order valence-electron chi connectivity index (χ4n) is 1.14. The summed E-state index contributed by atoms with van der Waals surface area (Å²) in [5, 5.41) is 0.643. The Labute approximate surface area is 80.6 Å². The number of nitrogens with one attached hydrogen (secondary N) is 1. The second-order valence-electron chi connectivity index (χ2n) is 2.68. The normalized spacial score (nSPS) is 10.2. The van der Waals surface area contributed by atoms with Gasteiger partial charge in [-0.1, -0.05) is 11.6 Å². The molecule has 0 saturated heterocycles. The molecule has 13 heavy (non-hydrogen) atoms. The number of H-pyrrole nitrogens is 1. The zero-order valence-corrected chi connectivity index (χ0v) is 7.55. The van der Waals surface area contributed by atoms with E-state index >= 15 is 0 Å². The van der Waals surface area contributed by atoms with Crippen LogP contribution in [-0.4, -0.2) is 9.97 Å². The second kappa shape index (κ2) is 3.11. The summed E-state index contributed by atoms with van der Waals surface area (Å²) >= 11 is 5.97. The maximum absolute atomic E-state index is 5.97. The zero-order chi connectivity index (χ0) is 9.26. The molecule has 4 heteroatoms. The molecule has 0 aliphatic rings. The molecule has 0 saturated carbocycles. The third-order valence-corrected chi connectivity index (χ3v) is 2.07. The number of halogens is 1. The largest absolute Gasteiger partial charge is 0.399 e. The third-order valence-electron chi connectivity index (χ3n) is 1.74. The molecule has 0 radical (unpaired) electrons. The van der Waals surface area contributed by atoms with Crippen LogP contribution in [0.5, 0.6) is 0 Å². The molecule has 0 aliphatic carbocycles. The van der Waals surface area contributed by atoms with Gasteiger partial charge in [0, 0.05) is 23.6 Å². The van der Waals surface area contributed by atoms with Gasteiger partial charge in [-0.15, -0.1) is 0 Å². The number of nitrogen functional groups attached to an aromatic ring is 1. The van der Waals surface area contributed by atoms with Gasteiger partial charge in [-0.2, -0.15) is 0 Å². The number of aromatic nitrogens is 2. The second-order valence-corrected chi connectivity index (χ2v) is 3.08. The van der Waals surface area contributed by atoms with Gasteiger partial charge >= 0.3 is 0 Å². The highest BCUT2D eigenvalue weighted by Crippen LogP contribution is 2.26. The number of nitrogens with zero attached hydrogens (tertiary/aromatic N) is 1. The van der Waals surface area contributed by atoms with Crippen molar-refractivity contribution >= 4 is 17.3 Å². The van der Waals surface area contributed by atoms with Crippen molar-refractivity contribution in [1.82, 2.24) is 9.97 Å². The first-order valence-corrected chi connectivity index (χ1v) is 4.20. The standard InChI is InChI=1S/C9H8ClN3/c10-8-2-1-6(11)5-7(8)9-12-3-4-13-9/h1-5H,11H2,(H,12,13). The maximum Gasteiger partial charge on any atom is 0.138 e. The predicted molar refractivity (Wildman–Crippen MR) is 53.4 cm³/mol. The lowest BCUT2D eigenvalue weighted by molar-refractivity contribution is 1.31. The smallest absolute Gasteiger partial charge is 0.138 e. The van der Waals surface area contributed by atoms with Gasteiger partial charge in [0.2, 0.25) is 0 Å². The molecular weight excluding hydrogens is 186 g/mol. The lowest BCUT2D eigenvalue weighted by atomic mass is 10.2. The summed E-state index contributed by atoms with van der Waals surface area (Å²) in [4.78, 5) is 7.06. The summed E-state index contributed by atoms with van der Waals surface area (Å²) in [6.07, 6.45) is 3.42. The zero-order valence-electron chi connectivity index (χ0n) is 6.79. The molecular formula is C9H8ClN3. The van der Waals surface area contributed by atoms with Crippen molar-refractivity contribution in [3.63, 3.8) is 0 Å². The average molecular weight is 194 g/mol. The monoisotopic (exact) mass is 193 g/mol. The van der Waals surface area contributed by atoms with Gasteiger partial charge in [0.15, 0.2) is 0 Å². The fraction of sp³-hybridized carbons (Fsp3) is 0. The van der Waals surface area contributed by atoms with E-state index < -0.39 is 0 Å². The van der Waals surface area contributed by atoms with E-state index in [1.807, 2.05) is 0 Å². The summed E-state index contributed by atoms with van der Waals surface area (Å²) in [5.74, 6) is 0.734. The minimum absolute atomic E-state index is 0.643. The Kier molecular flexibility index (Phi) is 1.94. The van der Waals surface area contributed by atoms with Crippen LogP contribution in [-0.2, 0) is 0 Å². The SMILES string of the molecule is Nc1ccc(Cl)c(-c2ncc[nH]2)c1. The van der Waals surface area contributed by atoms with Crippen molar-refractivity contribution in [3.05, 3.63) is 35.6 Å². The van der Waals surface area contributed by atoms with Crippen molar-refractivity contribution in [2.24, 2.45) is 0 Å². The van der Waals surface area contributed by atoms with Gasteiger partial charge in [-0.25, -0.2) is 4.98 Å². The van der Waals surface area contributed by atoms with Gasteiger partial charge in [0.05, 0.1) is 5.02 Å². The Bertz CT molecular complexity index is 409. The highest BCUT2D eigenvalue weighted by molar-refractivity contribution is 6.33. The van der Waals surface area contributed by atoms with Gasteiger partial charge in [-0.05, 0) is 18.2 Å². The minimum Gasteiger partial charge on any atom is -0.399 e. The highest BCUT2D eigenvalue weighted by Gasteiger charge is 2.04. The lowest BCUT2D eigenvalue weighted by Crippen LogP contribution is -1.87. The Morgan fingerprint density at radius 1 is 1.38 bits per heavy atom. The van der Waals surface area contributed by atoms with Crippen LogP contribution in [0.2, 0.25) is 5.02 Å². The lowest BCUT2D eigenvalue weighted by Gasteiger charge is -2.01. The van der Waals surface area contributed by atoms with Crippen molar-refractivity contribution in [2.45, 2.75) is 0 Å². The summed E-state index contributed by atoms with van der Waals surface area (Å²) in [7, 11) is 0. The highest BCUT2D eigenvalue weighted by atomic mass is 35.5. The number of nitrogens with two attached hydrogens (primary N) is 1. The molecule has 0 spiro atoms. The van der Waals surface area contributed by atoms with Crippen molar-refractivity contribution < 1.29 is 0 Å². The minimum atomic E-state index is 0.643. The molecule has 1 aromatic heterocycles. The van der Waals surface area contributed by atoms with Crippen molar-refractivity contribution in [3.8, 4) is 11.4 Å². The van der Waals surface area contributed by atoms with Gasteiger partial charge in [0.25, 0.3) is 0 Å². The fourth-order valence-corrected chi connectivity index (χ4v) is 1.34. The summed E-state index contributed by atoms with van der Waals surface area (Å²) in [5.41, 5.74) is 7.14. The van der Waals surface area contributed by atoms with Crippen LogP contribution in [0.3, 0.4) is 0 Å². The van der Waals surface area contributed by atoms with E-state index in [9.17, 15) is 0 Å². The first-order chi connectivity index (χ1) is 6.27. The molecule has 0 atom stereocenters. The molecule has 0 unspecified atom stereocenters. The Balaban J connectivity index is 2.57. The summed E-state index contributed by atoms with van der Waals surface area (Å²) < 4.78 is 0. The van der Waals surface area contributed by atoms with E-state index in [1.165, 1.54) is 0 Å². The Morgan fingerprint density at radius 2 is 2.23 bits per heavy atom. The van der Waals surface area contributed by atoms with E-state index in [4.69, 9.17) is 17.3 Å². The van der Waals surface area contributed by atoms with Crippen molar-refractivity contribution in [1.29, 1.82) is 0 Å². The molecule has 2 rings (SSSR count). The van der Waals surface area contributed by atoms with E-state index in [2.05, 4.69) is 9.97 Å². The van der Waals surface area contributed by atoms with E-state index in [0.29, 0.717) is 10.7 Å². The number of hydrogen-bond acceptors (Lipinski definition) is 2. The van der Waals surface area contributed by atoms with Crippen LogP contribution < -0.4 is 5.73 Å². The van der Waals surface area contributed by atoms with E-state index in [1.54, 1.807) is 30.6 Å². The van der Waals surface area contributed by atoms with Gasteiger partial charge in [-0.3, -0.25) is 0 Å². The molecule has 0 bridgehead atoms. The number of hydrogen-bond donors (Lipinski definition) is 2. The number of imidazole rings is 1. The van der Waals surface area contributed by atoms with Crippen LogP contribution in [0.1, 0.15) is 0 Å². The first kappa shape index (κ1) is 8.13. The molecule has 0 aliphatic heterocycles.